The summed E-state index contributed by atoms with van der Waals surface area (Å²) in [5, 5.41) is 9.99. The summed E-state index contributed by atoms with van der Waals surface area (Å²) in [7, 11) is 0. The second kappa shape index (κ2) is 5.61. The molecule has 0 spiro atoms. The zero-order chi connectivity index (χ0) is 15.9. The molecule has 2 aliphatic heterocycles. The SMILES string of the molecule is CC(C)=C(C(=O)O)N1C(=O)[C@H]2N=C(Cc3ccccc3)S[C@H]21. The van der Waals surface area contributed by atoms with Gasteiger partial charge in [0.15, 0.2) is 6.04 Å². The van der Waals surface area contributed by atoms with Crippen molar-refractivity contribution in [3.63, 3.8) is 0 Å². The summed E-state index contributed by atoms with van der Waals surface area (Å²) in [6.07, 6.45) is 0.677. The van der Waals surface area contributed by atoms with E-state index in [1.54, 1.807) is 13.8 Å². The number of carboxylic acid groups (broad SMARTS) is 1. The number of β-lactam (4-membered cyclic amide) rings is 1. The molecule has 1 fully saturated rings. The Labute approximate surface area is 132 Å². The standard InChI is InChI=1S/C16H16N2O3S/c1-9(2)13(16(20)21)18-14(19)12-15(18)22-11(17-12)8-10-6-4-3-5-7-10/h3-7,12,15H,8H2,1-2H3,(H,20,21)/t12-,15-/m1/s1. The molecule has 0 bridgehead atoms. The number of amides is 1. The minimum absolute atomic E-state index is 0.0786. The number of fused-ring (bicyclic) bond motifs is 1. The fraction of sp³-hybridized carbons (Fsp3) is 0.312. The summed E-state index contributed by atoms with van der Waals surface area (Å²) < 4.78 is 0. The first-order chi connectivity index (χ1) is 10.5. The highest BCUT2D eigenvalue weighted by Gasteiger charge is 2.54. The number of likely N-dealkylation sites (tertiary alicyclic amines) is 1. The maximum atomic E-state index is 12.2. The van der Waals surface area contributed by atoms with Crippen molar-refractivity contribution < 1.29 is 14.7 Å². The number of allylic oxidation sites excluding steroid dienone is 1. The number of nitrogens with zero attached hydrogens (tertiary/aromatic N) is 2. The Morgan fingerprint density at radius 3 is 2.59 bits per heavy atom. The average molecular weight is 316 g/mol. The van der Waals surface area contributed by atoms with Crippen molar-refractivity contribution in [2.45, 2.75) is 31.7 Å². The molecule has 1 aromatic rings. The topological polar surface area (TPSA) is 70.0 Å². The van der Waals surface area contributed by atoms with E-state index in [1.165, 1.54) is 16.7 Å². The number of aliphatic imine (C=N–C) groups is 1. The Hall–Kier alpha value is -2.08. The Morgan fingerprint density at radius 2 is 2.00 bits per heavy atom. The number of carbonyl (C=O) groups excluding carboxylic acids is 1. The molecule has 0 unspecified atom stereocenters. The molecule has 1 saturated heterocycles. The van der Waals surface area contributed by atoms with Gasteiger partial charge < -0.3 is 5.11 Å². The highest BCUT2D eigenvalue weighted by Crippen LogP contribution is 2.42. The van der Waals surface area contributed by atoms with Crippen LogP contribution in [-0.2, 0) is 16.0 Å². The molecule has 6 heteroatoms. The second-order valence-electron chi connectivity index (χ2n) is 5.50. The first kappa shape index (κ1) is 14.8. The van der Waals surface area contributed by atoms with Crippen LogP contribution in [0.2, 0.25) is 0 Å². The molecule has 114 valence electrons. The molecule has 2 aliphatic rings. The number of thioether (sulfide) groups is 1. The summed E-state index contributed by atoms with van der Waals surface area (Å²) in [4.78, 5) is 29.4. The molecular formula is C16H16N2O3S. The van der Waals surface area contributed by atoms with Gasteiger partial charge in [-0.1, -0.05) is 42.1 Å². The van der Waals surface area contributed by atoms with Crippen LogP contribution in [0.1, 0.15) is 19.4 Å². The van der Waals surface area contributed by atoms with Crippen LogP contribution in [0.5, 0.6) is 0 Å². The average Bonchev–Trinajstić information content (AvgIpc) is 2.84. The summed E-state index contributed by atoms with van der Waals surface area (Å²) >= 11 is 1.49. The molecule has 3 rings (SSSR count). The summed E-state index contributed by atoms with van der Waals surface area (Å²) in [6, 6.07) is 9.48. The van der Waals surface area contributed by atoms with Crippen molar-refractivity contribution in [3.8, 4) is 0 Å². The van der Waals surface area contributed by atoms with Gasteiger partial charge >= 0.3 is 5.97 Å². The van der Waals surface area contributed by atoms with Crippen LogP contribution in [0, 0.1) is 0 Å². The maximum Gasteiger partial charge on any atom is 0.352 e. The molecule has 1 amide bonds. The van der Waals surface area contributed by atoms with Crippen molar-refractivity contribution >= 4 is 28.7 Å². The number of rotatable bonds is 4. The fourth-order valence-electron chi connectivity index (χ4n) is 2.66. The number of hydrogen-bond donors (Lipinski definition) is 1. The normalized spacial score (nSPS) is 22.7. The Balaban J connectivity index is 1.77. The molecule has 2 heterocycles. The fourth-order valence-corrected chi connectivity index (χ4v) is 3.99. The van der Waals surface area contributed by atoms with Crippen molar-refractivity contribution in [2.24, 2.45) is 4.99 Å². The van der Waals surface area contributed by atoms with Gasteiger partial charge in [0.25, 0.3) is 5.91 Å². The number of benzene rings is 1. The number of hydrogen-bond acceptors (Lipinski definition) is 4. The van der Waals surface area contributed by atoms with Crippen LogP contribution in [0.15, 0.2) is 46.6 Å². The smallest absolute Gasteiger partial charge is 0.352 e. The van der Waals surface area contributed by atoms with Gasteiger partial charge in [0.1, 0.15) is 11.1 Å². The summed E-state index contributed by atoms with van der Waals surface area (Å²) in [6.45, 7) is 3.41. The third kappa shape index (κ3) is 2.43. The Morgan fingerprint density at radius 1 is 1.32 bits per heavy atom. The predicted molar refractivity (Wildman–Crippen MR) is 85.6 cm³/mol. The van der Waals surface area contributed by atoms with Gasteiger partial charge in [-0.2, -0.15) is 0 Å². The third-order valence-electron chi connectivity index (χ3n) is 3.67. The van der Waals surface area contributed by atoms with E-state index < -0.39 is 12.0 Å². The second-order valence-corrected chi connectivity index (χ2v) is 6.69. The largest absolute Gasteiger partial charge is 0.477 e. The Kier molecular flexibility index (Phi) is 3.78. The van der Waals surface area contributed by atoms with Crippen LogP contribution in [0.4, 0.5) is 0 Å². The van der Waals surface area contributed by atoms with Crippen LogP contribution >= 0.6 is 11.8 Å². The van der Waals surface area contributed by atoms with Crippen molar-refractivity contribution in [1.29, 1.82) is 0 Å². The van der Waals surface area contributed by atoms with E-state index in [2.05, 4.69) is 4.99 Å². The van der Waals surface area contributed by atoms with Gasteiger partial charge in [0, 0.05) is 6.42 Å². The lowest BCUT2D eigenvalue weighted by atomic mass is 10.0. The lowest BCUT2D eigenvalue weighted by Gasteiger charge is -2.41. The molecule has 0 aliphatic carbocycles. The van der Waals surface area contributed by atoms with E-state index in [1.807, 2.05) is 30.3 Å². The zero-order valence-electron chi connectivity index (χ0n) is 12.3. The van der Waals surface area contributed by atoms with E-state index >= 15 is 0 Å². The molecular weight excluding hydrogens is 300 g/mol. The summed E-state index contributed by atoms with van der Waals surface area (Å²) in [5.74, 6) is -1.29. The molecule has 1 N–H and O–H groups in total. The van der Waals surface area contributed by atoms with Crippen LogP contribution in [0.25, 0.3) is 0 Å². The molecule has 5 nitrogen and oxygen atoms in total. The summed E-state index contributed by atoms with van der Waals surface area (Å²) in [5.41, 5.74) is 1.83. The van der Waals surface area contributed by atoms with Crippen molar-refractivity contribution in [2.75, 3.05) is 0 Å². The minimum Gasteiger partial charge on any atom is -0.477 e. The molecule has 1 aromatic carbocycles. The maximum absolute atomic E-state index is 12.2. The first-order valence-electron chi connectivity index (χ1n) is 7.00. The van der Waals surface area contributed by atoms with Gasteiger partial charge in [-0.25, -0.2) is 4.79 Å². The monoisotopic (exact) mass is 316 g/mol. The zero-order valence-corrected chi connectivity index (χ0v) is 13.1. The Bertz CT molecular complexity index is 693. The minimum atomic E-state index is -1.07. The van der Waals surface area contributed by atoms with Gasteiger partial charge in [-0.05, 0) is 25.0 Å². The predicted octanol–water partition coefficient (Wildman–Crippen LogP) is 2.29. The van der Waals surface area contributed by atoms with E-state index in [0.29, 0.717) is 12.0 Å². The molecule has 0 aromatic heterocycles. The van der Waals surface area contributed by atoms with Gasteiger partial charge in [-0.15, -0.1) is 0 Å². The number of carboxylic acids is 1. The van der Waals surface area contributed by atoms with Crippen LogP contribution < -0.4 is 0 Å². The quantitative estimate of drug-likeness (QED) is 0.683. The first-order valence-corrected chi connectivity index (χ1v) is 7.88. The van der Waals surface area contributed by atoms with Crippen molar-refractivity contribution in [1.82, 2.24) is 4.90 Å². The van der Waals surface area contributed by atoms with Crippen molar-refractivity contribution in [3.05, 3.63) is 47.2 Å². The molecule has 0 radical (unpaired) electrons. The lowest BCUT2D eigenvalue weighted by molar-refractivity contribution is -0.147. The van der Waals surface area contributed by atoms with E-state index in [0.717, 1.165) is 10.6 Å². The van der Waals surface area contributed by atoms with E-state index in [-0.39, 0.29) is 17.0 Å². The third-order valence-corrected chi connectivity index (χ3v) is 4.90. The number of aliphatic carboxylic acids is 1. The molecule has 0 saturated carbocycles. The lowest BCUT2D eigenvalue weighted by Crippen LogP contribution is -2.61. The molecule has 2 atom stereocenters. The van der Waals surface area contributed by atoms with Crippen LogP contribution in [-0.4, -0.2) is 38.3 Å². The van der Waals surface area contributed by atoms with Gasteiger partial charge in [-0.3, -0.25) is 14.7 Å². The van der Waals surface area contributed by atoms with Crippen LogP contribution in [0.3, 0.4) is 0 Å². The van der Waals surface area contributed by atoms with Gasteiger partial charge in [0.2, 0.25) is 0 Å². The number of carbonyl (C=O) groups is 2. The van der Waals surface area contributed by atoms with E-state index in [9.17, 15) is 14.7 Å². The molecule has 22 heavy (non-hydrogen) atoms. The van der Waals surface area contributed by atoms with E-state index in [4.69, 9.17) is 0 Å². The highest BCUT2D eigenvalue weighted by molar-refractivity contribution is 8.14. The highest BCUT2D eigenvalue weighted by atomic mass is 32.2. The van der Waals surface area contributed by atoms with Gasteiger partial charge in [0.05, 0.1) is 5.04 Å².